The highest BCUT2D eigenvalue weighted by atomic mass is 79.9. The van der Waals surface area contributed by atoms with E-state index in [0.29, 0.717) is 20.6 Å². The van der Waals surface area contributed by atoms with Crippen molar-refractivity contribution < 1.29 is 9.50 Å². The van der Waals surface area contributed by atoms with Crippen molar-refractivity contribution in [3.63, 3.8) is 0 Å². The average molecular weight is 330 g/mol. The van der Waals surface area contributed by atoms with E-state index in [9.17, 15) is 9.50 Å². The lowest BCUT2D eigenvalue weighted by molar-refractivity contribution is 0.220. The summed E-state index contributed by atoms with van der Waals surface area (Å²) in [6, 6.07) is 9.85. The first-order valence-electron chi connectivity index (χ1n) is 5.38. The molecule has 0 saturated carbocycles. The molecular formula is C14H11BrClFO. The number of aliphatic hydroxyl groups is 1. The molecule has 0 amide bonds. The predicted octanol–water partition coefficient (Wildman–Crippen LogP) is 4.63. The van der Waals surface area contributed by atoms with Gasteiger partial charge in [0.25, 0.3) is 0 Å². The first-order chi connectivity index (χ1) is 8.49. The number of hydrogen-bond donors (Lipinski definition) is 1. The summed E-state index contributed by atoms with van der Waals surface area (Å²) >= 11 is 9.20. The molecule has 4 heteroatoms. The molecule has 0 aromatic heterocycles. The lowest BCUT2D eigenvalue weighted by Gasteiger charge is -2.14. The van der Waals surface area contributed by atoms with E-state index in [2.05, 4.69) is 15.9 Å². The number of aliphatic hydroxyl groups excluding tert-OH is 1. The molecule has 0 aliphatic carbocycles. The standard InChI is InChI=1S/C14H11BrClFO/c1-8-2-4-10(12(16)6-8)14(18)9-3-5-13(17)11(15)7-9/h2-7,14,18H,1H3. The van der Waals surface area contributed by atoms with Gasteiger partial charge in [0.05, 0.1) is 4.47 Å². The van der Waals surface area contributed by atoms with Crippen LogP contribution in [0.5, 0.6) is 0 Å². The molecule has 0 aliphatic heterocycles. The van der Waals surface area contributed by atoms with E-state index < -0.39 is 6.10 Å². The fourth-order valence-electron chi connectivity index (χ4n) is 1.72. The van der Waals surface area contributed by atoms with Crippen LogP contribution in [0.3, 0.4) is 0 Å². The van der Waals surface area contributed by atoms with Gasteiger partial charge < -0.3 is 5.11 Å². The summed E-state index contributed by atoms with van der Waals surface area (Å²) in [5, 5.41) is 10.8. The summed E-state index contributed by atoms with van der Waals surface area (Å²) in [6.45, 7) is 1.93. The van der Waals surface area contributed by atoms with Crippen LogP contribution in [0, 0.1) is 12.7 Å². The average Bonchev–Trinajstić information content (AvgIpc) is 2.32. The van der Waals surface area contributed by atoms with Crippen LogP contribution >= 0.6 is 27.5 Å². The molecule has 0 bridgehead atoms. The number of aryl methyl sites for hydroxylation is 1. The molecule has 0 aliphatic rings. The molecule has 94 valence electrons. The van der Waals surface area contributed by atoms with Crippen LogP contribution in [0.15, 0.2) is 40.9 Å². The molecule has 0 heterocycles. The molecule has 18 heavy (non-hydrogen) atoms. The van der Waals surface area contributed by atoms with Gasteiger partial charge in [0.15, 0.2) is 0 Å². The van der Waals surface area contributed by atoms with Gasteiger partial charge in [0.1, 0.15) is 11.9 Å². The fraction of sp³-hybridized carbons (Fsp3) is 0.143. The van der Waals surface area contributed by atoms with Gasteiger partial charge in [-0.2, -0.15) is 0 Å². The number of halogens is 3. The molecule has 1 unspecified atom stereocenters. The highest BCUT2D eigenvalue weighted by Gasteiger charge is 2.15. The Morgan fingerprint density at radius 2 is 1.94 bits per heavy atom. The third kappa shape index (κ3) is 2.74. The Hall–Kier alpha value is -0.900. The summed E-state index contributed by atoms with van der Waals surface area (Å²) in [6.07, 6.45) is -0.866. The van der Waals surface area contributed by atoms with Crippen molar-refractivity contribution in [3.05, 3.63) is 68.4 Å². The zero-order valence-electron chi connectivity index (χ0n) is 9.62. The Morgan fingerprint density at radius 1 is 1.22 bits per heavy atom. The van der Waals surface area contributed by atoms with Crippen LogP contribution < -0.4 is 0 Å². The van der Waals surface area contributed by atoms with E-state index in [-0.39, 0.29) is 5.82 Å². The van der Waals surface area contributed by atoms with E-state index in [1.54, 1.807) is 24.3 Å². The molecule has 0 saturated heterocycles. The summed E-state index contributed by atoms with van der Waals surface area (Å²) in [7, 11) is 0. The molecule has 1 nitrogen and oxygen atoms in total. The molecular weight excluding hydrogens is 319 g/mol. The van der Waals surface area contributed by atoms with Crippen molar-refractivity contribution in [2.24, 2.45) is 0 Å². The third-order valence-corrected chi connectivity index (χ3v) is 3.64. The Kier molecular flexibility index (Phi) is 4.05. The second-order valence-electron chi connectivity index (χ2n) is 4.10. The summed E-state index contributed by atoms with van der Waals surface area (Å²) in [5.74, 6) is -0.360. The molecule has 0 spiro atoms. The van der Waals surface area contributed by atoms with Gasteiger partial charge in [-0.05, 0) is 52.2 Å². The maximum atomic E-state index is 13.1. The summed E-state index contributed by atoms with van der Waals surface area (Å²) in [5.41, 5.74) is 2.23. The van der Waals surface area contributed by atoms with E-state index in [1.165, 1.54) is 6.07 Å². The van der Waals surface area contributed by atoms with Gasteiger partial charge in [0, 0.05) is 10.6 Å². The molecule has 2 rings (SSSR count). The first-order valence-corrected chi connectivity index (χ1v) is 6.55. The Morgan fingerprint density at radius 3 is 2.56 bits per heavy atom. The topological polar surface area (TPSA) is 20.2 Å². The fourth-order valence-corrected chi connectivity index (χ4v) is 2.45. The zero-order valence-corrected chi connectivity index (χ0v) is 12.0. The molecule has 0 fully saturated rings. The first kappa shape index (κ1) is 13.5. The predicted molar refractivity (Wildman–Crippen MR) is 74.4 cm³/mol. The van der Waals surface area contributed by atoms with Crippen LogP contribution in [0.2, 0.25) is 5.02 Å². The quantitative estimate of drug-likeness (QED) is 0.851. The maximum Gasteiger partial charge on any atom is 0.137 e. The maximum absolute atomic E-state index is 13.1. The molecule has 1 N–H and O–H groups in total. The van der Waals surface area contributed by atoms with Gasteiger partial charge >= 0.3 is 0 Å². The van der Waals surface area contributed by atoms with Crippen molar-refractivity contribution >= 4 is 27.5 Å². The van der Waals surface area contributed by atoms with Crippen LogP contribution in [-0.2, 0) is 0 Å². The van der Waals surface area contributed by atoms with Gasteiger partial charge in [-0.15, -0.1) is 0 Å². The minimum Gasteiger partial charge on any atom is -0.384 e. The summed E-state index contributed by atoms with van der Waals surface area (Å²) < 4.78 is 13.5. The lowest BCUT2D eigenvalue weighted by atomic mass is 10.0. The largest absolute Gasteiger partial charge is 0.384 e. The second kappa shape index (κ2) is 5.39. The number of benzene rings is 2. The van der Waals surface area contributed by atoms with Gasteiger partial charge in [-0.25, -0.2) is 4.39 Å². The van der Waals surface area contributed by atoms with Crippen LogP contribution in [-0.4, -0.2) is 5.11 Å². The minimum atomic E-state index is -0.866. The Labute approximate surface area is 118 Å². The van der Waals surface area contributed by atoms with Gasteiger partial charge in [-0.3, -0.25) is 0 Å². The normalized spacial score (nSPS) is 12.5. The molecule has 2 aromatic carbocycles. The van der Waals surface area contributed by atoms with Gasteiger partial charge in [-0.1, -0.05) is 29.8 Å². The minimum absolute atomic E-state index is 0.322. The van der Waals surface area contributed by atoms with E-state index in [0.717, 1.165) is 5.56 Å². The van der Waals surface area contributed by atoms with Gasteiger partial charge in [0.2, 0.25) is 0 Å². The molecule has 1 atom stereocenters. The van der Waals surface area contributed by atoms with E-state index in [4.69, 9.17) is 11.6 Å². The second-order valence-corrected chi connectivity index (χ2v) is 5.36. The van der Waals surface area contributed by atoms with E-state index in [1.807, 2.05) is 13.0 Å². The van der Waals surface area contributed by atoms with Crippen molar-refractivity contribution in [2.75, 3.05) is 0 Å². The SMILES string of the molecule is Cc1ccc(C(O)c2ccc(F)c(Br)c2)c(Cl)c1. The highest BCUT2D eigenvalue weighted by Crippen LogP contribution is 2.30. The Bertz CT molecular complexity index is 586. The molecule has 2 aromatic rings. The monoisotopic (exact) mass is 328 g/mol. The van der Waals surface area contributed by atoms with Crippen LogP contribution in [0.4, 0.5) is 4.39 Å². The Balaban J connectivity index is 2.41. The van der Waals surface area contributed by atoms with Crippen LogP contribution in [0.1, 0.15) is 22.8 Å². The smallest absolute Gasteiger partial charge is 0.137 e. The van der Waals surface area contributed by atoms with Crippen molar-refractivity contribution in [1.29, 1.82) is 0 Å². The number of rotatable bonds is 2. The lowest BCUT2D eigenvalue weighted by Crippen LogP contribution is -2.01. The van der Waals surface area contributed by atoms with Crippen LogP contribution in [0.25, 0.3) is 0 Å². The number of hydrogen-bond acceptors (Lipinski definition) is 1. The van der Waals surface area contributed by atoms with Crippen molar-refractivity contribution in [1.82, 2.24) is 0 Å². The van der Waals surface area contributed by atoms with E-state index >= 15 is 0 Å². The third-order valence-electron chi connectivity index (χ3n) is 2.71. The highest BCUT2D eigenvalue weighted by molar-refractivity contribution is 9.10. The molecule has 0 radical (unpaired) electrons. The summed E-state index contributed by atoms with van der Waals surface area (Å²) in [4.78, 5) is 0. The van der Waals surface area contributed by atoms with Crippen molar-refractivity contribution in [3.8, 4) is 0 Å². The van der Waals surface area contributed by atoms with Crippen molar-refractivity contribution in [2.45, 2.75) is 13.0 Å². The zero-order chi connectivity index (χ0) is 13.3.